The van der Waals surface area contributed by atoms with E-state index in [0.717, 1.165) is 13.0 Å². The topological polar surface area (TPSA) is 12.0 Å². The Bertz CT molecular complexity index is 460. The lowest BCUT2D eigenvalue weighted by molar-refractivity contribution is 0.397. The highest BCUT2D eigenvalue weighted by Gasteiger charge is 2.08. The number of thiophene rings is 1. The predicted molar refractivity (Wildman–Crippen MR) is 73.6 cm³/mol. The molecule has 1 aromatic carbocycles. The number of nitrogens with one attached hydrogen (secondary N) is 1. The van der Waals surface area contributed by atoms with E-state index in [-0.39, 0.29) is 12.7 Å². The van der Waals surface area contributed by atoms with Crippen LogP contribution >= 0.6 is 11.3 Å². The highest BCUT2D eigenvalue weighted by molar-refractivity contribution is 7.17. The fourth-order valence-corrected chi connectivity index (χ4v) is 2.90. The Morgan fingerprint density at radius 3 is 3.00 bits per heavy atom. The molecule has 92 valence electrons. The monoisotopic (exact) mass is 251 g/mol. The lowest BCUT2D eigenvalue weighted by atomic mass is 10.0. The van der Waals surface area contributed by atoms with Crippen LogP contribution in [0.3, 0.4) is 0 Å². The molecule has 0 radical (unpaired) electrons. The van der Waals surface area contributed by atoms with Gasteiger partial charge in [-0.2, -0.15) is 0 Å². The molecule has 0 spiro atoms. The summed E-state index contributed by atoms with van der Waals surface area (Å²) in [5.74, 6) is 0. The molecule has 0 aliphatic carbocycles. The summed E-state index contributed by atoms with van der Waals surface area (Å²) < 4.78 is 13.8. The van der Waals surface area contributed by atoms with Crippen LogP contribution in [0.4, 0.5) is 4.39 Å². The number of benzene rings is 1. The minimum absolute atomic E-state index is 0.251. The van der Waals surface area contributed by atoms with Crippen LogP contribution in [-0.2, 0) is 6.42 Å². The van der Waals surface area contributed by atoms with Gasteiger partial charge < -0.3 is 5.32 Å². The van der Waals surface area contributed by atoms with Crippen molar-refractivity contribution in [1.82, 2.24) is 5.32 Å². The van der Waals surface area contributed by atoms with Crippen LogP contribution in [0.5, 0.6) is 0 Å². The highest BCUT2D eigenvalue weighted by Crippen LogP contribution is 2.22. The maximum Gasteiger partial charge on any atom is 0.0909 e. The standard InChI is InChI=1S/C14H18FNS/c1-2-16-13(5-7-15)10-11-3-4-14-12(9-11)6-8-17-14/h3-4,6,8-9,13,16H,2,5,7,10H2,1H3. The van der Waals surface area contributed by atoms with Crippen molar-refractivity contribution in [3.63, 3.8) is 0 Å². The highest BCUT2D eigenvalue weighted by atomic mass is 32.1. The van der Waals surface area contributed by atoms with Crippen LogP contribution in [-0.4, -0.2) is 19.3 Å². The Morgan fingerprint density at radius 1 is 1.35 bits per heavy atom. The van der Waals surface area contributed by atoms with Crippen LogP contribution in [0.25, 0.3) is 10.1 Å². The molecule has 1 atom stereocenters. The second kappa shape index (κ2) is 6.12. The van der Waals surface area contributed by atoms with Crippen LogP contribution < -0.4 is 5.32 Å². The molecule has 0 amide bonds. The summed E-state index contributed by atoms with van der Waals surface area (Å²) in [6, 6.07) is 8.92. The Labute approximate surface area is 106 Å². The molecular formula is C14H18FNS. The average molecular weight is 251 g/mol. The third kappa shape index (κ3) is 3.27. The smallest absolute Gasteiger partial charge is 0.0909 e. The number of hydrogen-bond donors (Lipinski definition) is 1. The molecule has 0 bridgehead atoms. The molecule has 1 N–H and O–H groups in total. The van der Waals surface area contributed by atoms with E-state index in [0.29, 0.717) is 6.42 Å². The number of alkyl halides is 1. The summed E-state index contributed by atoms with van der Waals surface area (Å²) in [4.78, 5) is 0. The molecule has 17 heavy (non-hydrogen) atoms. The van der Waals surface area contributed by atoms with Gasteiger partial charge in [0.15, 0.2) is 0 Å². The van der Waals surface area contributed by atoms with E-state index in [1.54, 1.807) is 11.3 Å². The molecule has 0 saturated carbocycles. The second-order valence-electron chi connectivity index (χ2n) is 4.23. The fraction of sp³-hybridized carbons (Fsp3) is 0.429. The van der Waals surface area contributed by atoms with Crippen LogP contribution in [0.2, 0.25) is 0 Å². The van der Waals surface area contributed by atoms with Gasteiger partial charge in [0.25, 0.3) is 0 Å². The van der Waals surface area contributed by atoms with Gasteiger partial charge in [0, 0.05) is 10.7 Å². The minimum Gasteiger partial charge on any atom is -0.314 e. The van der Waals surface area contributed by atoms with E-state index in [4.69, 9.17) is 0 Å². The zero-order valence-corrected chi connectivity index (χ0v) is 10.9. The zero-order valence-electron chi connectivity index (χ0n) is 10.1. The van der Waals surface area contributed by atoms with Gasteiger partial charge in [-0.05, 0) is 47.8 Å². The molecule has 0 aliphatic heterocycles. The first-order valence-corrected chi connectivity index (χ1v) is 6.97. The van der Waals surface area contributed by atoms with Crippen LogP contribution in [0.15, 0.2) is 29.6 Å². The maximum absolute atomic E-state index is 12.4. The van der Waals surface area contributed by atoms with Gasteiger partial charge in [0.2, 0.25) is 0 Å². The van der Waals surface area contributed by atoms with Gasteiger partial charge in [-0.3, -0.25) is 4.39 Å². The Kier molecular flexibility index (Phi) is 4.51. The third-order valence-corrected chi connectivity index (χ3v) is 3.85. The summed E-state index contributed by atoms with van der Waals surface area (Å²) in [6.45, 7) is 2.71. The predicted octanol–water partition coefficient (Wildman–Crippen LogP) is 3.78. The molecule has 1 nitrogen and oxygen atoms in total. The first-order chi connectivity index (χ1) is 8.33. The van der Waals surface area contributed by atoms with Crippen molar-refractivity contribution in [2.24, 2.45) is 0 Å². The number of rotatable bonds is 6. The molecule has 0 fully saturated rings. The first kappa shape index (κ1) is 12.5. The minimum atomic E-state index is -0.252. The summed E-state index contributed by atoms with van der Waals surface area (Å²) in [5.41, 5.74) is 1.29. The zero-order chi connectivity index (χ0) is 12.1. The largest absolute Gasteiger partial charge is 0.314 e. The van der Waals surface area contributed by atoms with Gasteiger partial charge >= 0.3 is 0 Å². The Hall–Kier alpha value is -0.930. The van der Waals surface area contributed by atoms with E-state index in [2.05, 4.69) is 41.9 Å². The average Bonchev–Trinajstić information content (AvgIpc) is 2.77. The van der Waals surface area contributed by atoms with Gasteiger partial charge in [-0.25, -0.2) is 0 Å². The van der Waals surface area contributed by atoms with Gasteiger partial charge in [0.1, 0.15) is 0 Å². The summed E-state index contributed by atoms with van der Waals surface area (Å²) in [7, 11) is 0. The van der Waals surface area contributed by atoms with Crippen molar-refractivity contribution < 1.29 is 4.39 Å². The Morgan fingerprint density at radius 2 is 2.24 bits per heavy atom. The van der Waals surface area contributed by atoms with Gasteiger partial charge in [-0.1, -0.05) is 19.1 Å². The number of halogens is 1. The molecule has 2 aromatic rings. The quantitative estimate of drug-likeness (QED) is 0.824. The third-order valence-electron chi connectivity index (χ3n) is 2.95. The van der Waals surface area contributed by atoms with Crippen molar-refractivity contribution >= 4 is 21.4 Å². The van der Waals surface area contributed by atoms with E-state index < -0.39 is 0 Å². The van der Waals surface area contributed by atoms with Crippen molar-refractivity contribution in [2.75, 3.05) is 13.2 Å². The van der Waals surface area contributed by atoms with Crippen molar-refractivity contribution in [3.05, 3.63) is 35.2 Å². The van der Waals surface area contributed by atoms with Crippen molar-refractivity contribution in [1.29, 1.82) is 0 Å². The van der Waals surface area contributed by atoms with E-state index >= 15 is 0 Å². The number of hydrogen-bond acceptors (Lipinski definition) is 2. The number of fused-ring (bicyclic) bond motifs is 1. The summed E-state index contributed by atoms with van der Waals surface area (Å²) in [6.07, 6.45) is 1.50. The van der Waals surface area contributed by atoms with Gasteiger partial charge in [-0.15, -0.1) is 11.3 Å². The molecule has 0 saturated heterocycles. The maximum atomic E-state index is 12.4. The molecular weight excluding hydrogens is 233 g/mol. The van der Waals surface area contributed by atoms with Crippen LogP contribution in [0.1, 0.15) is 18.9 Å². The van der Waals surface area contributed by atoms with E-state index in [9.17, 15) is 4.39 Å². The molecule has 3 heteroatoms. The summed E-state index contributed by atoms with van der Waals surface area (Å²) in [5, 5.41) is 6.74. The van der Waals surface area contributed by atoms with Crippen molar-refractivity contribution in [2.45, 2.75) is 25.8 Å². The molecule has 2 rings (SSSR count). The Balaban J connectivity index is 2.09. The molecule has 0 aliphatic rings. The van der Waals surface area contributed by atoms with Gasteiger partial charge in [0.05, 0.1) is 6.67 Å². The molecule has 1 unspecified atom stereocenters. The molecule has 1 aromatic heterocycles. The lowest BCUT2D eigenvalue weighted by Crippen LogP contribution is -2.31. The fourth-order valence-electron chi connectivity index (χ4n) is 2.12. The van der Waals surface area contributed by atoms with Crippen molar-refractivity contribution in [3.8, 4) is 0 Å². The second-order valence-corrected chi connectivity index (χ2v) is 5.18. The number of likely N-dealkylation sites (N-methyl/N-ethyl adjacent to an activating group) is 1. The normalized spacial score (nSPS) is 13.1. The first-order valence-electron chi connectivity index (χ1n) is 6.09. The summed E-state index contributed by atoms with van der Waals surface area (Å²) >= 11 is 1.76. The van der Waals surface area contributed by atoms with E-state index in [1.165, 1.54) is 15.6 Å². The van der Waals surface area contributed by atoms with E-state index in [1.807, 2.05) is 0 Å². The van der Waals surface area contributed by atoms with Crippen LogP contribution in [0, 0.1) is 0 Å². The SMILES string of the molecule is CCNC(CCF)Cc1ccc2sccc2c1. The lowest BCUT2D eigenvalue weighted by Gasteiger charge is -2.16. The molecule has 1 heterocycles.